The molecule has 1 amide bonds. The van der Waals surface area contributed by atoms with E-state index in [-0.39, 0.29) is 11.8 Å². The second-order valence-electron chi connectivity index (χ2n) is 9.20. The molecule has 0 saturated carbocycles. The highest BCUT2D eigenvalue weighted by Gasteiger charge is 2.33. The van der Waals surface area contributed by atoms with E-state index < -0.39 is 0 Å². The van der Waals surface area contributed by atoms with Crippen LogP contribution in [0.3, 0.4) is 0 Å². The molecule has 3 heterocycles. The number of methoxy groups -OCH3 is 1. The summed E-state index contributed by atoms with van der Waals surface area (Å²) < 4.78 is 13.4. The highest BCUT2D eigenvalue weighted by atomic mass is 16.5. The molecule has 4 aromatic rings. The zero-order valence-electron chi connectivity index (χ0n) is 21.1. The first-order chi connectivity index (χ1) is 17.3. The maximum absolute atomic E-state index is 12.8. The molecule has 0 saturated heterocycles. The van der Waals surface area contributed by atoms with Gasteiger partial charge in [-0.15, -0.1) is 0 Å². The number of anilines is 1. The van der Waals surface area contributed by atoms with Gasteiger partial charge in [0.15, 0.2) is 11.5 Å². The van der Waals surface area contributed by atoms with Crippen molar-refractivity contribution >= 4 is 11.7 Å². The number of carbonyl (C=O) groups is 1. The van der Waals surface area contributed by atoms with E-state index in [2.05, 4.69) is 46.5 Å². The molecule has 1 atom stereocenters. The number of amides is 1. The number of carbonyl (C=O) groups excluding carboxylic acids is 1. The first-order valence-corrected chi connectivity index (χ1v) is 11.9. The minimum Gasteiger partial charge on any atom is -0.493 e. The average molecular weight is 484 g/mol. The molecule has 36 heavy (non-hydrogen) atoms. The molecule has 0 bridgehead atoms. The number of aryl methyl sites for hydroxylation is 4. The van der Waals surface area contributed by atoms with Crippen LogP contribution < -0.4 is 14.8 Å². The second-order valence-corrected chi connectivity index (χ2v) is 9.20. The Bertz CT molecular complexity index is 1420. The molecular formula is C28H29N5O3. The minimum absolute atomic E-state index is 0.0864. The number of hydrogen-bond acceptors (Lipinski definition) is 6. The zero-order chi connectivity index (χ0) is 25.4. The van der Waals surface area contributed by atoms with Crippen LogP contribution in [-0.2, 0) is 11.4 Å². The van der Waals surface area contributed by atoms with Gasteiger partial charge in [-0.3, -0.25) is 4.79 Å². The van der Waals surface area contributed by atoms with Crippen molar-refractivity contribution in [3.8, 4) is 17.4 Å². The number of benzene rings is 2. The van der Waals surface area contributed by atoms with E-state index in [1.165, 1.54) is 5.56 Å². The van der Waals surface area contributed by atoms with Crippen molar-refractivity contribution in [1.29, 1.82) is 0 Å². The standard InChI is InChI=1S/C28H29N5O3/c1-16-6-8-20(9-7-16)15-36-23-11-10-21(13-24(23)35-5)22-14-25(34)31-27-26(22)19(4)32-33(27)28-29-17(2)12-18(3)30-28/h6-13,22H,14-15H2,1-5H3,(H,31,34). The SMILES string of the molecule is COc1cc(C2CC(=O)Nc3c2c(C)nn3-c2nc(C)cc(C)n2)ccc1OCc1ccc(C)cc1. The Kier molecular flexibility index (Phi) is 6.18. The van der Waals surface area contributed by atoms with Crippen LogP contribution in [0.1, 0.15) is 51.7 Å². The largest absolute Gasteiger partial charge is 0.493 e. The van der Waals surface area contributed by atoms with E-state index in [4.69, 9.17) is 14.6 Å². The van der Waals surface area contributed by atoms with E-state index in [1.807, 2.05) is 45.0 Å². The predicted octanol–water partition coefficient (Wildman–Crippen LogP) is 4.96. The number of nitrogens with zero attached hydrogens (tertiary/aromatic N) is 4. The third-order valence-electron chi connectivity index (χ3n) is 6.37. The summed E-state index contributed by atoms with van der Waals surface area (Å²) in [5, 5.41) is 7.70. The fourth-order valence-electron chi connectivity index (χ4n) is 4.64. The van der Waals surface area contributed by atoms with Crippen LogP contribution in [0.4, 0.5) is 5.82 Å². The normalized spacial score (nSPS) is 14.8. The summed E-state index contributed by atoms with van der Waals surface area (Å²) in [5.74, 6) is 2.05. The highest BCUT2D eigenvalue weighted by molar-refractivity contribution is 5.95. The monoisotopic (exact) mass is 483 g/mol. The number of ether oxygens (including phenoxy) is 2. The first kappa shape index (κ1) is 23.5. The molecule has 8 heteroatoms. The molecule has 1 aliphatic rings. The summed E-state index contributed by atoms with van der Waals surface area (Å²) >= 11 is 0. The molecule has 0 radical (unpaired) electrons. The van der Waals surface area contributed by atoms with E-state index in [0.29, 0.717) is 36.3 Å². The van der Waals surface area contributed by atoms with Gasteiger partial charge in [0.25, 0.3) is 5.95 Å². The Hall–Kier alpha value is -4.20. The minimum atomic E-state index is -0.187. The van der Waals surface area contributed by atoms with E-state index in [0.717, 1.165) is 33.8 Å². The van der Waals surface area contributed by atoms with Gasteiger partial charge in [-0.1, -0.05) is 35.9 Å². The van der Waals surface area contributed by atoms with E-state index in [1.54, 1.807) is 11.8 Å². The van der Waals surface area contributed by atoms with Crippen molar-refractivity contribution in [3.63, 3.8) is 0 Å². The summed E-state index contributed by atoms with van der Waals surface area (Å²) in [4.78, 5) is 21.9. The summed E-state index contributed by atoms with van der Waals surface area (Å²) in [6, 6.07) is 16.0. The predicted molar refractivity (Wildman–Crippen MR) is 137 cm³/mol. The number of nitrogens with one attached hydrogen (secondary N) is 1. The van der Waals surface area contributed by atoms with Crippen LogP contribution in [-0.4, -0.2) is 32.8 Å². The molecule has 0 spiro atoms. The number of fused-ring (bicyclic) bond motifs is 1. The summed E-state index contributed by atoms with van der Waals surface area (Å²) in [5.41, 5.74) is 6.68. The lowest BCUT2D eigenvalue weighted by Crippen LogP contribution is -2.25. The van der Waals surface area contributed by atoms with Gasteiger partial charge in [-0.25, -0.2) is 9.97 Å². The maximum atomic E-state index is 12.8. The van der Waals surface area contributed by atoms with Crippen molar-refractivity contribution in [3.05, 3.63) is 87.9 Å². The Morgan fingerprint density at radius 1 is 0.972 bits per heavy atom. The summed E-state index contributed by atoms with van der Waals surface area (Å²) in [7, 11) is 1.62. The third-order valence-corrected chi connectivity index (χ3v) is 6.37. The lowest BCUT2D eigenvalue weighted by Gasteiger charge is -2.25. The lowest BCUT2D eigenvalue weighted by molar-refractivity contribution is -0.116. The fraction of sp³-hybridized carbons (Fsp3) is 0.286. The molecular weight excluding hydrogens is 454 g/mol. The van der Waals surface area contributed by atoms with Crippen molar-refractivity contribution < 1.29 is 14.3 Å². The van der Waals surface area contributed by atoms with Crippen LogP contribution in [0.5, 0.6) is 11.5 Å². The number of aromatic nitrogens is 4. The quantitative estimate of drug-likeness (QED) is 0.417. The smallest absolute Gasteiger partial charge is 0.252 e. The van der Waals surface area contributed by atoms with Gasteiger partial charge < -0.3 is 14.8 Å². The van der Waals surface area contributed by atoms with Gasteiger partial charge >= 0.3 is 0 Å². The van der Waals surface area contributed by atoms with Crippen LogP contribution in [0.15, 0.2) is 48.5 Å². The first-order valence-electron chi connectivity index (χ1n) is 11.9. The molecule has 8 nitrogen and oxygen atoms in total. The Morgan fingerprint density at radius 2 is 1.69 bits per heavy atom. The van der Waals surface area contributed by atoms with Gasteiger partial charge in [-0.2, -0.15) is 9.78 Å². The molecule has 184 valence electrons. The molecule has 2 aromatic heterocycles. The van der Waals surface area contributed by atoms with Crippen LogP contribution >= 0.6 is 0 Å². The topological polar surface area (TPSA) is 91.2 Å². The fourth-order valence-corrected chi connectivity index (χ4v) is 4.64. The van der Waals surface area contributed by atoms with Crippen molar-refractivity contribution in [2.45, 2.75) is 46.6 Å². The average Bonchev–Trinajstić information content (AvgIpc) is 3.18. The summed E-state index contributed by atoms with van der Waals surface area (Å²) in [6.45, 7) is 8.27. The highest BCUT2D eigenvalue weighted by Crippen LogP contribution is 2.42. The molecule has 1 N–H and O–H groups in total. The van der Waals surface area contributed by atoms with Crippen LogP contribution in [0.25, 0.3) is 5.95 Å². The third kappa shape index (κ3) is 4.54. The molecule has 0 fully saturated rings. The molecule has 5 rings (SSSR count). The molecule has 0 aliphatic carbocycles. The molecule has 1 aliphatic heterocycles. The van der Waals surface area contributed by atoms with Crippen molar-refractivity contribution in [2.24, 2.45) is 0 Å². The Labute approximate surface area is 210 Å². The van der Waals surface area contributed by atoms with Gasteiger partial charge in [0.1, 0.15) is 12.4 Å². The van der Waals surface area contributed by atoms with Crippen LogP contribution in [0, 0.1) is 27.7 Å². The number of rotatable bonds is 6. The van der Waals surface area contributed by atoms with Gasteiger partial charge in [0.2, 0.25) is 5.91 Å². The second kappa shape index (κ2) is 9.45. The zero-order valence-corrected chi connectivity index (χ0v) is 21.1. The van der Waals surface area contributed by atoms with Gasteiger partial charge in [-0.05, 0) is 57.0 Å². The lowest BCUT2D eigenvalue weighted by atomic mass is 9.85. The summed E-state index contributed by atoms with van der Waals surface area (Å²) in [6.07, 6.45) is 0.306. The Morgan fingerprint density at radius 3 is 2.39 bits per heavy atom. The van der Waals surface area contributed by atoms with Crippen molar-refractivity contribution in [2.75, 3.05) is 12.4 Å². The maximum Gasteiger partial charge on any atom is 0.252 e. The number of hydrogen-bond donors (Lipinski definition) is 1. The van der Waals surface area contributed by atoms with E-state index in [9.17, 15) is 4.79 Å². The van der Waals surface area contributed by atoms with Gasteiger partial charge in [0.05, 0.1) is 12.8 Å². The Balaban J connectivity index is 1.48. The van der Waals surface area contributed by atoms with Crippen molar-refractivity contribution in [1.82, 2.24) is 19.7 Å². The van der Waals surface area contributed by atoms with Gasteiger partial charge in [0, 0.05) is 29.3 Å². The van der Waals surface area contributed by atoms with Crippen LogP contribution in [0.2, 0.25) is 0 Å². The molecule has 1 unspecified atom stereocenters. The molecule has 2 aromatic carbocycles. The van der Waals surface area contributed by atoms with E-state index >= 15 is 0 Å².